The molecule has 0 fully saturated rings. The van der Waals surface area contributed by atoms with Gasteiger partial charge in [-0.1, -0.05) is 13.3 Å². The van der Waals surface area contributed by atoms with Crippen molar-refractivity contribution in [3.63, 3.8) is 0 Å². The van der Waals surface area contributed by atoms with Gasteiger partial charge in [-0.15, -0.1) is 0 Å². The monoisotopic (exact) mass is 204 g/mol. The van der Waals surface area contributed by atoms with Crippen molar-refractivity contribution < 1.29 is 4.42 Å². The first-order chi connectivity index (χ1) is 7.31. The van der Waals surface area contributed by atoms with Crippen molar-refractivity contribution in [1.29, 1.82) is 0 Å². The van der Waals surface area contributed by atoms with Gasteiger partial charge in [0, 0.05) is 12.6 Å². The maximum atomic E-state index is 11.5. The normalized spacial score (nSPS) is 10.7. The number of aryl methyl sites for hydroxylation is 1. The summed E-state index contributed by atoms with van der Waals surface area (Å²) in [6, 6.07) is 3.37. The van der Waals surface area contributed by atoms with Crippen LogP contribution in [0.5, 0.6) is 0 Å². The van der Waals surface area contributed by atoms with Crippen LogP contribution in [0.15, 0.2) is 27.5 Å². The highest BCUT2D eigenvalue weighted by atomic mass is 16.4. The van der Waals surface area contributed by atoms with Crippen molar-refractivity contribution in [3.8, 4) is 0 Å². The Bertz CT molecular complexity index is 519. The molecular weight excluding hydrogens is 192 g/mol. The molecule has 2 aromatic rings. The van der Waals surface area contributed by atoms with Crippen LogP contribution in [0.4, 0.5) is 0 Å². The third-order valence-electron chi connectivity index (χ3n) is 2.19. The molecule has 0 spiro atoms. The molecule has 0 aromatic carbocycles. The minimum Gasteiger partial charge on any atom is -0.408 e. The highest BCUT2D eigenvalue weighted by molar-refractivity contribution is 5.72. The fourth-order valence-corrected chi connectivity index (χ4v) is 1.38. The van der Waals surface area contributed by atoms with Gasteiger partial charge in [0.1, 0.15) is 5.39 Å². The Balaban J connectivity index is 2.48. The average Bonchev–Trinajstić information content (AvgIpc) is 2.26. The fourth-order valence-electron chi connectivity index (χ4n) is 1.38. The predicted octanol–water partition coefficient (Wildman–Crippen LogP) is 1.93. The second-order valence-electron chi connectivity index (χ2n) is 3.37. The van der Waals surface area contributed by atoms with Crippen LogP contribution in [-0.4, -0.2) is 9.97 Å². The average molecular weight is 204 g/mol. The maximum absolute atomic E-state index is 11.5. The number of hydrogen-bond donors (Lipinski definition) is 0. The van der Waals surface area contributed by atoms with E-state index in [0.717, 1.165) is 12.8 Å². The summed E-state index contributed by atoms with van der Waals surface area (Å²) >= 11 is 0. The summed E-state index contributed by atoms with van der Waals surface area (Å²) in [5.74, 6) is 0.480. The van der Waals surface area contributed by atoms with Gasteiger partial charge in [0.05, 0.1) is 0 Å². The molecule has 0 unspecified atom stereocenters. The smallest absolute Gasteiger partial charge is 0.348 e. The molecule has 0 amide bonds. The van der Waals surface area contributed by atoms with Gasteiger partial charge in [0.15, 0.2) is 5.65 Å². The molecule has 78 valence electrons. The molecule has 0 atom stereocenters. The van der Waals surface area contributed by atoms with Crippen LogP contribution in [0.3, 0.4) is 0 Å². The highest BCUT2D eigenvalue weighted by Crippen LogP contribution is 2.06. The molecule has 0 N–H and O–H groups in total. The van der Waals surface area contributed by atoms with E-state index in [1.165, 1.54) is 0 Å². The Kier molecular flexibility index (Phi) is 2.76. The van der Waals surface area contributed by atoms with Crippen LogP contribution in [0.25, 0.3) is 11.0 Å². The van der Waals surface area contributed by atoms with E-state index in [9.17, 15) is 4.79 Å². The molecular formula is C11H12N2O2. The molecule has 4 heteroatoms. The lowest BCUT2D eigenvalue weighted by molar-refractivity contribution is 0.437. The molecule has 0 saturated carbocycles. The number of nitrogens with zero attached hydrogens (tertiary/aromatic N) is 2. The zero-order valence-corrected chi connectivity index (χ0v) is 8.56. The number of fused-ring (bicyclic) bond motifs is 1. The largest absolute Gasteiger partial charge is 0.408 e. The molecule has 0 radical (unpaired) electrons. The van der Waals surface area contributed by atoms with Crippen molar-refractivity contribution >= 4 is 11.0 Å². The van der Waals surface area contributed by atoms with E-state index in [1.807, 2.05) is 0 Å². The van der Waals surface area contributed by atoms with E-state index in [0.29, 0.717) is 23.3 Å². The molecule has 15 heavy (non-hydrogen) atoms. The summed E-state index contributed by atoms with van der Waals surface area (Å²) in [4.78, 5) is 19.8. The van der Waals surface area contributed by atoms with E-state index in [-0.39, 0.29) is 5.63 Å². The van der Waals surface area contributed by atoms with Gasteiger partial charge in [-0.2, -0.15) is 4.98 Å². The maximum Gasteiger partial charge on any atom is 0.348 e. The molecule has 0 aliphatic rings. The summed E-state index contributed by atoms with van der Waals surface area (Å²) in [7, 11) is 0. The summed E-state index contributed by atoms with van der Waals surface area (Å²) < 4.78 is 5.09. The third kappa shape index (κ3) is 2.03. The van der Waals surface area contributed by atoms with Gasteiger partial charge in [-0.3, -0.25) is 0 Å². The number of rotatable bonds is 3. The molecule has 2 aromatic heterocycles. The summed E-state index contributed by atoms with van der Waals surface area (Å²) in [5, 5.41) is 0.442. The summed E-state index contributed by atoms with van der Waals surface area (Å²) in [6.07, 6.45) is 4.33. The van der Waals surface area contributed by atoms with E-state index in [4.69, 9.17) is 4.42 Å². The number of pyridine rings is 1. The number of aromatic nitrogens is 2. The van der Waals surface area contributed by atoms with Gasteiger partial charge < -0.3 is 4.42 Å². The van der Waals surface area contributed by atoms with Gasteiger partial charge in [0.2, 0.25) is 5.89 Å². The second kappa shape index (κ2) is 4.21. The number of hydrogen-bond acceptors (Lipinski definition) is 4. The Morgan fingerprint density at radius 3 is 3.13 bits per heavy atom. The van der Waals surface area contributed by atoms with Crippen molar-refractivity contribution in [1.82, 2.24) is 9.97 Å². The van der Waals surface area contributed by atoms with Crippen molar-refractivity contribution in [2.24, 2.45) is 0 Å². The SMILES string of the molecule is CCCCc1nc2ncccc2c(=O)o1. The summed E-state index contributed by atoms with van der Waals surface area (Å²) in [5.41, 5.74) is 0.124. The van der Waals surface area contributed by atoms with Crippen molar-refractivity contribution in [2.45, 2.75) is 26.2 Å². The van der Waals surface area contributed by atoms with E-state index >= 15 is 0 Å². The molecule has 0 bridgehead atoms. The lowest BCUT2D eigenvalue weighted by Crippen LogP contribution is -2.06. The molecule has 0 saturated heterocycles. The fraction of sp³-hybridized carbons (Fsp3) is 0.364. The summed E-state index contributed by atoms with van der Waals surface area (Å²) in [6.45, 7) is 2.08. The van der Waals surface area contributed by atoms with Crippen LogP contribution >= 0.6 is 0 Å². The standard InChI is InChI=1S/C11H12N2O2/c1-2-3-6-9-13-10-8(11(14)15-9)5-4-7-12-10/h4-5,7H,2-3,6H2,1H3. The third-order valence-corrected chi connectivity index (χ3v) is 2.19. The highest BCUT2D eigenvalue weighted by Gasteiger charge is 2.05. The van der Waals surface area contributed by atoms with Gasteiger partial charge >= 0.3 is 5.63 Å². The lowest BCUT2D eigenvalue weighted by Gasteiger charge is -1.98. The van der Waals surface area contributed by atoms with Gasteiger partial charge in [-0.25, -0.2) is 9.78 Å². The minimum absolute atomic E-state index is 0.348. The quantitative estimate of drug-likeness (QED) is 0.766. The van der Waals surface area contributed by atoms with Gasteiger partial charge in [-0.05, 0) is 18.6 Å². The van der Waals surface area contributed by atoms with Crippen molar-refractivity contribution in [2.75, 3.05) is 0 Å². The predicted molar refractivity (Wildman–Crippen MR) is 56.7 cm³/mol. The van der Waals surface area contributed by atoms with E-state index < -0.39 is 0 Å². The first-order valence-corrected chi connectivity index (χ1v) is 5.06. The lowest BCUT2D eigenvalue weighted by atomic mass is 10.2. The Morgan fingerprint density at radius 2 is 2.33 bits per heavy atom. The Hall–Kier alpha value is -1.71. The van der Waals surface area contributed by atoms with E-state index in [1.54, 1.807) is 18.3 Å². The van der Waals surface area contributed by atoms with Crippen LogP contribution in [0.2, 0.25) is 0 Å². The molecule has 2 rings (SSSR count). The van der Waals surface area contributed by atoms with E-state index in [2.05, 4.69) is 16.9 Å². The van der Waals surface area contributed by atoms with Crippen LogP contribution in [-0.2, 0) is 6.42 Å². The first kappa shape index (κ1) is 9.83. The Morgan fingerprint density at radius 1 is 1.47 bits per heavy atom. The first-order valence-electron chi connectivity index (χ1n) is 5.06. The number of unbranched alkanes of at least 4 members (excludes halogenated alkanes) is 1. The van der Waals surface area contributed by atoms with Crippen molar-refractivity contribution in [3.05, 3.63) is 34.6 Å². The topological polar surface area (TPSA) is 56.0 Å². The second-order valence-corrected chi connectivity index (χ2v) is 3.37. The molecule has 0 aliphatic heterocycles. The molecule has 4 nitrogen and oxygen atoms in total. The van der Waals surface area contributed by atoms with Crippen LogP contribution in [0.1, 0.15) is 25.7 Å². The van der Waals surface area contributed by atoms with Crippen LogP contribution in [0, 0.1) is 0 Å². The molecule has 2 heterocycles. The minimum atomic E-state index is -0.348. The molecule has 0 aliphatic carbocycles. The zero-order valence-electron chi connectivity index (χ0n) is 8.56. The zero-order chi connectivity index (χ0) is 10.7. The van der Waals surface area contributed by atoms with Crippen LogP contribution < -0.4 is 5.63 Å². The van der Waals surface area contributed by atoms with Gasteiger partial charge in [0.25, 0.3) is 0 Å². The Labute approximate surface area is 87.0 Å².